The molecule has 92 valence electrons. The molecule has 2 heteroatoms. The molecule has 1 aromatic heterocycles. The van der Waals surface area contributed by atoms with E-state index in [9.17, 15) is 4.79 Å². The van der Waals surface area contributed by atoms with E-state index in [0.29, 0.717) is 16.5 Å². The Balaban J connectivity index is 2.24. The van der Waals surface area contributed by atoms with Crippen LogP contribution in [0.4, 0.5) is 0 Å². The lowest BCUT2D eigenvalue weighted by Gasteiger charge is -1.95. The molecule has 2 aromatic rings. The molecule has 1 heterocycles. The normalized spacial score (nSPS) is 10.1. The number of para-hydroxylation sites is 1. The van der Waals surface area contributed by atoms with E-state index in [1.807, 2.05) is 12.1 Å². The van der Waals surface area contributed by atoms with Crippen LogP contribution in [0.3, 0.4) is 0 Å². The van der Waals surface area contributed by atoms with Crippen molar-refractivity contribution in [2.75, 3.05) is 0 Å². The number of rotatable bonds is 3. The maximum absolute atomic E-state index is 12.1. The molecule has 2 rings (SSSR count). The maximum Gasteiger partial charge on any atom is 0.208 e. The lowest BCUT2D eigenvalue weighted by molar-refractivity contribution is 0.600. The lowest BCUT2D eigenvalue weighted by Crippen LogP contribution is -2.05. The summed E-state index contributed by atoms with van der Waals surface area (Å²) in [6, 6.07) is 7.23. The quantitative estimate of drug-likeness (QED) is 0.604. The molecule has 2 nitrogen and oxygen atoms in total. The first-order valence-corrected chi connectivity index (χ1v) is 6.32. The van der Waals surface area contributed by atoms with Gasteiger partial charge in [-0.3, -0.25) is 4.79 Å². The topological polar surface area (TPSA) is 30.2 Å². The molecule has 0 saturated carbocycles. The van der Waals surface area contributed by atoms with Crippen molar-refractivity contribution in [3.05, 3.63) is 46.3 Å². The molecule has 0 unspecified atom stereocenters. The van der Waals surface area contributed by atoms with Gasteiger partial charge in [0.2, 0.25) is 5.43 Å². The van der Waals surface area contributed by atoms with Crippen LogP contribution in [0.15, 0.2) is 39.7 Å². The van der Waals surface area contributed by atoms with Crippen LogP contribution in [0.1, 0.15) is 38.2 Å². The van der Waals surface area contributed by atoms with Crippen molar-refractivity contribution >= 4 is 11.0 Å². The molecule has 18 heavy (non-hydrogen) atoms. The Morgan fingerprint density at radius 1 is 1.22 bits per heavy atom. The minimum absolute atomic E-state index is 0.0418. The van der Waals surface area contributed by atoms with Crippen molar-refractivity contribution in [2.24, 2.45) is 0 Å². The Hall–Kier alpha value is -2.01. The zero-order chi connectivity index (χ0) is 12.8. The second-order valence-electron chi connectivity index (χ2n) is 4.23. The van der Waals surface area contributed by atoms with Crippen LogP contribution in [0.2, 0.25) is 0 Å². The number of benzene rings is 1. The van der Waals surface area contributed by atoms with E-state index in [0.717, 1.165) is 12.8 Å². The Bertz CT molecular complexity index is 641. The minimum Gasteiger partial charge on any atom is -0.463 e. The first-order valence-electron chi connectivity index (χ1n) is 6.32. The maximum atomic E-state index is 12.1. The SMILES string of the molecule is CCCCCC#Cc1coc2ccccc2c1=O. The number of fused-ring (bicyclic) bond motifs is 1. The van der Waals surface area contributed by atoms with Gasteiger partial charge in [0.05, 0.1) is 5.39 Å². The molecule has 0 amide bonds. The van der Waals surface area contributed by atoms with Crippen LogP contribution in [0.5, 0.6) is 0 Å². The largest absolute Gasteiger partial charge is 0.463 e. The lowest BCUT2D eigenvalue weighted by atomic mass is 10.1. The zero-order valence-corrected chi connectivity index (χ0v) is 10.5. The highest BCUT2D eigenvalue weighted by Gasteiger charge is 2.03. The highest BCUT2D eigenvalue weighted by Crippen LogP contribution is 2.09. The van der Waals surface area contributed by atoms with Gasteiger partial charge in [-0.25, -0.2) is 0 Å². The fourth-order valence-electron chi connectivity index (χ4n) is 1.79. The summed E-state index contributed by atoms with van der Waals surface area (Å²) >= 11 is 0. The fraction of sp³-hybridized carbons (Fsp3) is 0.312. The highest BCUT2D eigenvalue weighted by atomic mass is 16.3. The molecule has 0 aliphatic heterocycles. The van der Waals surface area contributed by atoms with Crippen molar-refractivity contribution in [1.29, 1.82) is 0 Å². The van der Waals surface area contributed by atoms with Crippen molar-refractivity contribution in [3.8, 4) is 11.8 Å². The van der Waals surface area contributed by atoms with Crippen LogP contribution in [-0.2, 0) is 0 Å². The molecular weight excluding hydrogens is 224 g/mol. The summed E-state index contributed by atoms with van der Waals surface area (Å²) in [4.78, 5) is 12.1. The Morgan fingerprint density at radius 3 is 2.89 bits per heavy atom. The number of hydrogen-bond acceptors (Lipinski definition) is 2. The number of unbranched alkanes of at least 4 members (excludes halogenated alkanes) is 3. The molecular formula is C16H16O2. The molecule has 0 atom stereocenters. The van der Waals surface area contributed by atoms with Gasteiger partial charge in [-0.1, -0.05) is 43.7 Å². The summed E-state index contributed by atoms with van der Waals surface area (Å²) in [5.74, 6) is 5.94. The third-order valence-corrected chi connectivity index (χ3v) is 2.81. The van der Waals surface area contributed by atoms with E-state index in [4.69, 9.17) is 4.42 Å². The summed E-state index contributed by atoms with van der Waals surface area (Å²) in [7, 11) is 0. The number of hydrogen-bond donors (Lipinski definition) is 0. The van der Waals surface area contributed by atoms with Crippen LogP contribution < -0.4 is 5.43 Å². The van der Waals surface area contributed by atoms with Crippen molar-refractivity contribution in [1.82, 2.24) is 0 Å². The van der Waals surface area contributed by atoms with E-state index in [2.05, 4.69) is 18.8 Å². The van der Waals surface area contributed by atoms with E-state index >= 15 is 0 Å². The average molecular weight is 240 g/mol. The molecule has 1 aromatic carbocycles. The molecule has 0 N–H and O–H groups in total. The summed E-state index contributed by atoms with van der Waals surface area (Å²) in [5.41, 5.74) is 1.02. The highest BCUT2D eigenvalue weighted by molar-refractivity contribution is 5.77. The molecule has 0 aliphatic rings. The predicted molar refractivity (Wildman–Crippen MR) is 73.5 cm³/mol. The smallest absolute Gasteiger partial charge is 0.208 e. The van der Waals surface area contributed by atoms with Crippen LogP contribution in [-0.4, -0.2) is 0 Å². The monoisotopic (exact) mass is 240 g/mol. The van der Waals surface area contributed by atoms with Gasteiger partial charge in [-0.15, -0.1) is 0 Å². The predicted octanol–water partition coefficient (Wildman–Crippen LogP) is 3.72. The molecule has 0 fully saturated rings. The van der Waals surface area contributed by atoms with Gasteiger partial charge in [-0.05, 0) is 18.6 Å². The van der Waals surface area contributed by atoms with Gasteiger partial charge in [-0.2, -0.15) is 0 Å². The van der Waals surface area contributed by atoms with Gasteiger partial charge in [0.25, 0.3) is 0 Å². The fourth-order valence-corrected chi connectivity index (χ4v) is 1.79. The average Bonchev–Trinajstić information content (AvgIpc) is 2.41. The third kappa shape index (κ3) is 2.81. The van der Waals surface area contributed by atoms with E-state index in [-0.39, 0.29) is 5.43 Å². The summed E-state index contributed by atoms with van der Waals surface area (Å²) in [5, 5.41) is 0.595. The van der Waals surface area contributed by atoms with Crippen LogP contribution in [0.25, 0.3) is 11.0 Å². The molecule has 0 spiro atoms. The molecule has 0 radical (unpaired) electrons. The van der Waals surface area contributed by atoms with Gasteiger partial charge in [0.15, 0.2) is 0 Å². The first-order chi connectivity index (χ1) is 8.83. The van der Waals surface area contributed by atoms with Crippen LogP contribution >= 0.6 is 0 Å². The Kier molecular flexibility index (Phi) is 4.20. The standard InChI is InChI=1S/C16H16O2/c1-2-3-4-5-6-9-13-12-18-15-11-8-7-10-14(15)16(13)17/h7-8,10-12H,2-5H2,1H3. The van der Waals surface area contributed by atoms with Gasteiger partial charge in [0.1, 0.15) is 17.4 Å². The second kappa shape index (κ2) is 6.07. The van der Waals surface area contributed by atoms with E-state index < -0.39 is 0 Å². The molecule has 0 saturated heterocycles. The van der Waals surface area contributed by atoms with Crippen molar-refractivity contribution in [3.63, 3.8) is 0 Å². The van der Waals surface area contributed by atoms with E-state index in [1.54, 1.807) is 12.1 Å². The van der Waals surface area contributed by atoms with Crippen LogP contribution in [0, 0.1) is 11.8 Å². The van der Waals surface area contributed by atoms with Gasteiger partial charge < -0.3 is 4.42 Å². The van der Waals surface area contributed by atoms with E-state index in [1.165, 1.54) is 19.1 Å². The van der Waals surface area contributed by atoms with Gasteiger partial charge >= 0.3 is 0 Å². The van der Waals surface area contributed by atoms with Gasteiger partial charge in [0, 0.05) is 6.42 Å². The minimum atomic E-state index is -0.0418. The first kappa shape index (κ1) is 12.4. The summed E-state index contributed by atoms with van der Waals surface area (Å²) in [6.45, 7) is 2.16. The summed E-state index contributed by atoms with van der Waals surface area (Å²) < 4.78 is 5.40. The Labute approximate surface area is 107 Å². The van der Waals surface area contributed by atoms with Crippen molar-refractivity contribution in [2.45, 2.75) is 32.6 Å². The second-order valence-corrected chi connectivity index (χ2v) is 4.23. The zero-order valence-electron chi connectivity index (χ0n) is 10.5. The Morgan fingerprint density at radius 2 is 2.06 bits per heavy atom. The molecule has 0 bridgehead atoms. The third-order valence-electron chi connectivity index (χ3n) is 2.81. The summed E-state index contributed by atoms with van der Waals surface area (Å²) in [6.07, 6.45) is 5.74. The van der Waals surface area contributed by atoms with Crippen molar-refractivity contribution < 1.29 is 4.42 Å². The molecule has 0 aliphatic carbocycles.